The van der Waals surface area contributed by atoms with Gasteiger partial charge in [-0.05, 0) is 37.0 Å². The van der Waals surface area contributed by atoms with Crippen LogP contribution in [0.2, 0.25) is 0 Å². The van der Waals surface area contributed by atoms with Crippen LogP contribution in [0.5, 0.6) is 0 Å². The predicted octanol–water partition coefficient (Wildman–Crippen LogP) is 2.81. The van der Waals surface area contributed by atoms with Gasteiger partial charge in [0.15, 0.2) is 0 Å². The van der Waals surface area contributed by atoms with Crippen LogP contribution in [0.1, 0.15) is 32.3 Å². The molecule has 19 heavy (non-hydrogen) atoms. The maximum absolute atomic E-state index is 13.0. The van der Waals surface area contributed by atoms with E-state index >= 15 is 0 Å². The van der Waals surface area contributed by atoms with E-state index in [0.717, 1.165) is 5.56 Å². The molecule has 102 valence electrons. The highest BCUT2D eigenvalue weighted by molar-refractivity contribution is 5.85. The highest BCUT2D eigenvalue weighted by Crippen LogP contribution is 2.25. The molecule has 0 spiro atoms. The highest BCUT2D eigenvalue weighted by atomic mass is 19.1. The number of rotatable bonds is 6. The van der Waals surface area contributed by atoms with Crippen molar-refractivity contribution in [3.05, 3.63) is 35.6 Å². The predicted molar refractivity (Wildman–Crippen MR) is 71.7 cm³/mol. The van der Waals surface area contributed by atoms with Crippen molar-refractivity contribution in [3.8, 4) is 6.07 Å². The van der Waals surface area contributed by atoms with Gasteiger partial charge in [-0.2, -0.15) is 5.26 Å². The van der Waals surface area contributed by atoms with Crippen LogP contribution < -0.4 is 5.32 Å². The number of hydrogen-bond acceptors (Lipinski definition) is 2. The first kappa shape index (κ1) is 15.2. The number of nitrogens with zero attached hydrogens (tertiary/aromatic N) is 1. The highest BCUT2D eigenvalue weighted by Gasteiger charge is 2.34. The second kappa shape index (κ2) is 6.89. The van der Waals surface area contributed by atoms with Crippen LogP contribution in [-0.2, 0) is 11.2 Å². The number of amides is 1. The summed E-state index contributed by atoms with van der Waals surface area (Å²) in [6.45, 7) is 4.07. The summed E-state index contributed by atoms with van der Waals surface area (Å²) < 4.78 is 13.0. The van der Waals surface area contributed by atoms with Gasteiger partial charge < -0.3 is 5.32 Å². The van der Waals surface area contributed by atoms with E-state index in [9.17, 15) is 9.18 Å². The Kier molecular flexibility index (Phi) is 5.50. The van der Waals surface area contributed by atoms with E-state index in [4.69, 9.17) is 5.26 Å². The second-order valence-corrected chi connectivity index (χ2v) is 4.54. The normalized spacial score (nSPS) is 10.8. The van der Waals surface area contributed by atoms with E-state index in [1.165, 1.54) is 12.1 Å². The standard InChI is InChI=1S/C15H19FN2O/c1-3-15(4-2,11-17)14(19)18-9-8-12-6-5-7-13(16)10-12/h5-7,10H,3-4,8-9H2,1-2H3,(H,18,19). The van der Waals surface area contributed by atoms with Crippen molar-refractivity contribution in [2.75, 3.05) is 6.54 Å². The molecule has 0 bridgehead atoms. The minimum Gasteiger partial charge on any atom is -0.354 e. The summed E-state index contributed by atoms with van der Waals surface area (Å²) in [6.07, 6.45) is 1.54. The molecule has 0 aliphatic heterocycles. The summed E-state index contributed by atoms with van der Waals surface area (Å²) in [6, 6.07) is 8.39. The summed E-state index contributed by atoms with van der Waals surface area (Å²) in [5, 5.41) is 11.9. The van der Waals surface area contributed by atoms with Crippen LogP contribution in [-0.4, -0.2) is 12.5 Å². The number of carbonyl (C=O) groups is 1. The average molecular weight is 262 g/mol. The average Bonchev–Trinajstić information content (AvgIpc) is 2.41. The summed E-state index contributed by atoms with van der Waals surface area (Å²) in [5.41, 5.74) is -0.113. The van der Waals surface area contributed by atoms with Crippen molar-refractivity contribution in [1.82, 2.24) is 5.32 Å². The van der Waals surface area contributed by atoms with Gasteiger partial charge in [0.05, 0.1) is 6.07 Å². The fourth-order valence-corrected chi connectivity index (χ4v) is 1.96. The molecule has 0 aliphatic rings. The van der Waals surface area contributed by atoms with Crippen LogP contribution in [0, 0.1) is 22.6 Å². The SMILES string of the molecule is CCC(C#N)(CC)C(=O)NCCc1cccc(F)c1. The van der Waals surface area contributed by atoms with Crippen molar-refractivity contribution >= 4 is 5.91 Å². The first-order valence-corrected chi connectivity index (χ1v) is 6.52. The van der Waals surface area contributed by atoms with Crippen LogP contribution in [0.25, 0.3) is 0 Å². The molecule has 0 heterocycles. The number of benzene rings is 1. The Bertz CT molecular complexity index is 475. The molecule has 1 N–H and O–H groups in total. The van der Waals surface area contributed by atoms with Crippen molar-refractivity contribution in [2.45, 2.75) is 33.1 Å². The number of nitrogens with one attached hydrogen (secondary N) is 1. The maximum Gasteiger partial charge on any atom is 0.240 e. The van der Waals surface area contributed by atoms with Gasteiger partial charge in [0, 0.05) is 6.54 Å². The number of halogens is 1. The number of nitriles is 1. The Balaban J connectivity index is 2.54. The maximum atomic E-state index is 13.0. The molecular formula is C15H19FN2O. The number of hydrogen-bond donors (Lipinski definition) is 1. The molecular weight excluding hydrogens is 243 g/mol. The van der Waals surface area contributed by atoms with E-state index in [1.54, 1.807) is 6.07 Å². The molecule has 0 aliphatic carbocycles. The smallest absolute Gasteiger partial charge is 0.240 e. The van der Waals surface area contributed by atoms with Crippen molar-refractivity contribution < 1.29 is 9.18 Å². The molecule has 0 unspecified atom stereocenters. The molecule has 0 atom stereocenters. The van der Waals surface area contributed by atoms with E-state index in [-0.39, 0.29) is 11.7 Å². The molecule has 0 radical (unpaired) electrons. The molecule has 1 aromatic rings. The summed E-state index contributed by atoms with van der Waals surface area (Å²) in [5.74, 6) is -0.520. The van der Waals surface area contributed by atoms with Crippen LogP contribution in [0.15, 0.2) is 24.3 Å². The van der Waals surface area contributed by atoms with Gasteiger partial charge in [-0.25, -0.2) is 4.39 Å². The zero-order chi connectivity index (χ0) is 14.3. The lowest BCUT2D eigenvalue weighted by molar-refractivity contribution is -0.128. The Hall–Kier alpha value is -1.89. The Morgan fingerprint density at radius 2 is 2.11 bits per heavy atom. The quantitative estimate of drug-likeness (QED) is 0.857. The zero-order valence-corrected chi connectivity index (χ0v) is 11.4. The molecule has 0 fully saturated rings. The minimum atomic E-state index is -0.943. The lowest BCUT2D eigenvalue weighted by Crippen LogP contribution is -2.40. The van der Waals surface area contributed by atoms with Gasteiger partial charge in [0.1, 0.15) is 11.2 Å². The lowest BCUT2D eigenvalue weighted by Gasteiger charge is -2.22. The van der Waals surface area contributed by atoms with Crippen LogP contribution in [0.3, 0.4) is 0 Å². The molecule has 4 heteroatoms. The fraction of sp³-hybridized carbons (Fsp3) is 0.467. The minimum absolute atomic E-state index is 0.239. The third-order valence-corrected chi connectivity index (χ3v) is 3.44. The van der Waals surface area contributed by atoms with Crippen LogP contribution in [0.4, 0.5) is 4.39 Å². The number of carbonyl (C=O) groups excluding carboxylic acids is 1. The fourth-order valence-electron chi connectivity index (χ4n) is 1.96. The van der Waals surface area contributed by atoms with Crippen LogP contribution >= 0.6 is 0 Å². The topological polar surface area (TPSA) is 52.9 Å². The molecule has 3 nitrogen and oxygen atoms in total. The van der Waals surface area contributed by atoms with E-state index in [1.807, 2.05) is 19.9 Å². The zero-order valence-electron chi connectivity index (χ0n) is 11.4. The Labute approximate surface area is 113 Å². The van der Waals surface area contributed by atoms with E-state index < -0.39 is 5.41 Å². The van der Waals surface area contributed by atoms with Crippen molar-refractivity contribution in [1.29, 1.82) is 5.26 Å². The third kappa shape index (κ3) is 3.78. The molecule has 0 saturated carbocycles. The first-order valence-electron chi connectivity index (χ1n) is 6.52. The molecule has 1 amide bonds. The monoisotopic (exact) mass is 262 g/mol. The van der Waals surface area contributed by atoms with Gasteiger partial charge in [-0.1, -0.05) is 26.0 Å². The Morgan fingerprint density at radius 3 is 2.63 bits per heavy atom. The first-order chi connectivity index (χ1) is 9.07. The largest absolute Gasteiger partial charge is 0.354 e. The van der Waals surface area contributed by atoms with Gasteiger partial charge in [0.25, 0.3) is 0 Å². The van der Waals surface area contributed by atoms with Crippen molar-refractivity contribution in [3.63, 3.8) is 0 Å². The molecule has 1 aromatic carbocycles. The van der Waals surface area contributed by atoms with E-state index in [0.29, 0.717) is 25.8 Å². The van der Waals surface area contributed by atoms with Crippen molar-refractivity contribution in [2.24, 2.45) is 5.41 Å². The van der Waals surface area contributed by atoms with Gasteiger partial charge >= 0.3 is 0 Å². The molecule has 0 saturated heterocycles. The molecule has 0 aromatic heterocycles. The van der Waals surface area contributed by atoms with Gasteiger partial charge in [-0.15, -0.1) is 0 Å². The van der Waals surface area contributed by atoms with Gasteiger partial charge in [0.2, 0.25) is 5.91 Å². The lowest BCUT2D eigenvalue weighted by atomic mass is 9.83. The third-order valence-electron chi connectivity index (χ3n) is 3.44. The second-order valence-electron chi connectivity index (χ2n) is 4.54. The Morgan fingerprint density at radius 1 is 1.42 bits per heavy atom. The van der Waals surface area contributed by atoms with E-state index in [2.05, 4.69) is 11.4 Å². The summed E-state index contributed by atoms with van der Waals surface area (Å²) in [4.78, 5) is 12.0. The summed E-state index contributed by atoms with van der Waals surface area (Å²) in [7, 11) is 0. The van der Waals surface area contributed by atoms with Gasteiger partial charge in [-0.3, -0.25) is 4.79 Å². The molecule has 1 rings (SSSR count). The summed E-state index contributed by atoms with van der Waals surface area (Å²) >= 11 is 0.